The summed E-state index contributed by atoms with van der Waals surface area (Å²) in [6, 6.07) is 0. The van der Waals surface area contributed by atoms with Crippen LogP contribution in [-0.4, -0.2) is 19.7 Å². The normalized spacial score (nSPS) is 10.9. The third-order valence-electron chi connectivity index (χ3n) is 2.92. The van der Waals surface area contributed by atoms with Gasteiger partial charge in [-0.1, -0.05) is 6.92 Å². The number of nitrogens with zero attached hydrogens (tertiary/aromatic N) is 4. The van der Waals surface area contributed by atoms with Crippen molar-refractivity contribution >= 4 is 21.7 Å². The first kappa shape index (κ1) is 13.0. The van der Waals surface area contributed by atoms with Crippen molar-refractivity contribution in [2.45, 2.75) is 34.1 Å². The Morgan fingerprint density at radius 1 is 1.22 bits per heavy atom. The number of nitrogen functional groups attached to an aromatic ring is 1. The first-order valence-corrected chi connectivity index (χ1v) is 6.60. The molecule has 2 N–H and O–H groups in total. The van der Waals surface area contributed by atoms with Crippen molar-refractivity contribution in [2.24, 2.45) is 0 Å². The number of hydrogen-bond acceptors (Lipinski definition) is 4. The van der Waals surface area contributed by atoms with Gasteiger partial charge in [0.05, 0.1) is 15.9 Å². The summed E-state index contributed by atoms with van der Waals surface area (Å²) in [5, 5.41) is 4.48. The van der Waals surface area contributed by atoms with Crippen LogP contribution in [0.3, 0.4) is 0 Å². The summed E-state index contributed by atoms with van der Waals surface area (Å²) in [7, 11) is 0. The molecule has 5 nitrogen and oxygen atoms in total. The number of halogens is 1. The van der Waals surface area contributed by atoms with Gasteiger partial charge in [0.25, 0.3) is 0 Å². The number of nitrogens with two attached hydrogens (primary N) is 1. The van der Waals surface area contributed by atoms with Gasteiger partial charge < -0.3 is 5.73 Å². The fourth-order valence-electron chi connectivity index (χ4n) is 1.76. The Morgan fingerprint density at radius 2 is 1.89 bits per heavy atom. The highest BCUT2D eigenvalue weighted by atomic mass is 79.9. The van der Waals surface area contributed by atoms with Gasteiger partial charge in [-0.25, -0.2) is 14.6 Å². The number of anilines is 1. The molecule has 0 bridgehead atoms. The highest BCUT2D eigenvalue weighted by molar-refractivity contribution is 9.10. The minimum absolute atomic E-state index is 0.514. The average Bonchev–Trinajstić information content (AvgIpc) is 2.60. The Morgan fingerprint density at radius 3 is 2.39 bits per heavy atom. The second-order valence-corrected chi connectivity index (χ2v) is 5.02. The van der Waals surface area contributed by atoms with Crippen molar-refractivity contribution < 1.29 is 0 Å². The van der Waals surface area contributed by atoms with E-state index in [-0.39, 0.29) is 0 Å². The Hall–Kier alpha value is -1.43. The van der Waals surface area contributed by atoms with Crippen LogP contribution in [0.1, 0.15) is 29.7 Å². The van der Waals surface area contributed by atoms with Gasteiger partial charge in [-0.05, 0) is 36.7 Å². The first-order valence-electron chi connectivity index (χ1n) is 5.80. The summed E-state index contributed by atoms with van der Waals surface area (Å²) in [4.78, 5) is 8.78. The van der Waals surface area contributed by atoms with Crippen LogP contribution in [0.5, 0.6) is 0 Å². The van der Waals surface area contributed by atoms with Gasteiger partial charge >= 0.3 is 0 Å². The van der Waals surface area contributed by atoms with Crippen molar-refractivity contribution in [1.29, 1.82) is 0 Å². The molecular weight excluding hydrogens is 294 g/mol. The van der Waals surface area contributed by atoms with Crippen LogP contribution in [-0.2, 0) is 6.42 Å². The highest BCUT2D eigenvalue weighted by Gasteiger charge is 2.15. The molecule has 0 unspecified atom stereocenters. The van der Waals surface area contributed by atoms with Crippen LogP contribution in [0.2, 0.25) is 0 Å². The minimum Gasteiger partial charge on any atom is -0.383 e. The lowest BCUT2D eigenvalue weighted by Crippen LogP contribution is -2.11. The molecule has 0 atom stereocenters. The monoisotopic (exact) mass is 309 g/mol. The lowest BCUT2D eigenvalue weighted by Gasteiger charge is -2.10. The number of hydrogen-bond donors (Lipinski definition) is 1. The van der Waals surface area contributed by atoms with Crippen LogP contribution < -0.4 is 5.73 Å². The van der Waals surface area contributed by atoms with Crippen molar-refractivity contribution in [2.75, 3.05) is 5.73 Å². The molecule has 2 aromatic heterocycles. The second kappa shape index (κ2) is 4.68. The largest absolute Gasteiger partial charge is 0.383 e. The average molecular weight is 310 g/mol. The fraction of sp³-hybridized carbons (Fsp3) is 0.417. The van der Waals surface area contributed by atoms with Gasteiger partial charge in [0.1, 0.15) is 11.6 Å². The molecule has 0 spiro atoms. The quantitative estimate of drug-likeness (QED) is 0.925. The van der Waals surface area contributed by atoms with Gasteiger partial charge in [-0.3, -0.25) is 0 Å². The van der Waals surface area contributed by atoms with E-state index in [1.165, 1.54) is 0 Å². The molecule has 0 aliphatic rings. The predicted molar refractivity (Wildman–Crippen MR) is 74.9 cm³/mol. The van der Waals surface area contributed by atoms with E-state index < -0.39 is 0 Å². The summed E-state index contributed by atoms with van der Waals surface area (Å²) in [6.45, 7) is 7.86. The lowest BCUT2D eigenvalue weighted by molar-refractivity contribution is 0.776. The van der Waals surface area contributed by atoms with Gasteiger partial charge in [0.2, 0.25) is 0 Å². The summed E-state index contributed by atoms with van der Waals surface area (Å²) >= 11 is 3.52. The smallest absolute Gasteiger partial charge is 0.162 e. The molecule has 96 valence electrons. The third-order valence-corrected chi connectivity index (χ3v) is 4.07. The van der Waals surface area contributed by atoms with Crippen LogP contribution in [0.15, 0.2) is 4.47 Å². The van der Waals surface area contributed by atoms with E-state index >= 15 is 0 Å². The number of aryl methyl sites for hydroxylation is 2. The Balaban J connectivity index is 2.70. The summed E-state index contributed by atoms with van der Waals surface area (Å²) in [5.41, 5.74) is 8.72. The third kappa shape index (κ3) is 2.01. The Bertz CT molecular complexity index is 603. The molecule has 0 aliphatic carbocycles. The van der Waals surface area contributed by atoms with Crippen LogP contribution >= 0.6 is 15.9 Å². The zero-order valence-corrected chi connectivity index (χ0v) is 12.5. The van der Waals surface area contributed by atoms with E-state index in [4.69, 9.17) is 5.73 Å². The summed E-state index contributed by atoms with van der Waals surface area (Å²) in [5.74, 6) is 2.00. The SMILES string of the molecule is CCc1nc(N)c(C)c(-n2nc(C)c(Br)c2C)n1. The molecule has 0 saturated heterocycles. The van der Waals surface area contributed by atoms with Crippen LogP contribution in [0, 0.1) is 20.8 Å². The van der Waals surface area contributed by atoms with Crippen molar-refractivity contribution in [3.63, 3.8) is 0 Å². The van der Waals surface area contributed by atoms with E-state index in [0.29, 0.717) is 5.82 Å². The predicted octanol–water partition coefficient (Wildman–Crippen LogP) is 2.49. The maximum atomic E-state index is 5.93. The molecule has 0 fully saturated rings. The van der Waals surface area contributed by atoms with Gasteiger partial charge in [-0.2, -0.15) is 5.10 Å². The van der Waals surface area contributed by atoms with E-state index in [2.05, 4.69) is 31.0 Å². The minimum atomic E-state index is 0.514. The molecule has 0 saturated carbocycles. The molecule has 0 aliphatic heterocycles. The molecule has 0 aromatic carbocycles. The molecule has 2 rings (SSSR count). The number of rotatable bonds is 2. The maximum Gasteiger partial charge on any atom is 0.162 e. The standard InChI is InChI=1S/C12H16BrN5/c1-5-9-15-11(14)6(2)12(16-9)18-8(4)10(13)7(3)17-18/h5H2,1-4H3,(H2,14,15,16). The summed E-state index contributed by atoms with van der Waals surface area (Å²) < 4.78 is 2.81. The second-order valence-electron chi connectivity index (χ2n) is 4.22. The van der Waals surface area contributed by atoms with E-state index in [1.807, 2.05) is 32.4 Å². The molecule has 2 heterocycles. The van der Waals surface area contributed by atoms with Crippen LogP contribution in [0.4, 0.5) is 5.82 Å². The number of aromatic nitrogens is 4. The topological polar surface area (TPSA) is 69.6 Å². The molecule has 0 radical (unpaired) electrons. The highest BCUT2D eigenvalue weighted by Crippen LogP contribution is 2.25. The van der Waals surface area contributed by atoms with Gasteiger partial charge in [0.15, 0.2) is 5.82 Å². The van der Waals surface area contributed by atoms with Gasteiger partial charge in [-0.15, -0.1) is 0 Å². The first-order chi connectivity index (χ1) is 8.45. The van der Waals surface area contributed by atoms with Crippen LogP contribution in [0.25, 0.3) is 5.82 Å². The molecular formula is C12H16BrN5. The van der Waals surface area contributed by atoms with Crippen molar-refractivity contribution in [3.05, 3.63) is 27.2 Å². The fourth-order valence-corrected chi connectivity index (χ4v) is 2.01. The molecule has 18 heavy (non-hydrogen) atoms. The Kier molecular flexibility index (Phi) is 3.38. The van der Waals surface area contributed by atoms with E-state index in [1.54, 1.807) is 0 Å². The molecule has 2 aromatic rings. The zero-order valence-electron chi connectivity index (χ0n) is 11.0. The molecule has 6 heteroatoms. The van der Waals surface area contributed by atoms with E-state index in [9.17, 15) is 0 Å². The molecule has 0 amide bonds. The van der Waals surface area contributed by atoms with Gasteiger partial charge in [0, 0.05) is 12.0 Å². The van der Waals surface area contributed by atoms with Crippen molar-refractivity contribution in [1.82, 2.24) is 19.7 Å². The Labute approximate surface area is 115 Å². The summed E-state index contributed by atoms with van der Waals surface area (Å²) in [6.07, 6.45) is 0.748. The lowest BCUT2D eigenvalue weighted by atomic mass is 10.3. The van der Waals surface area contributed by atoms with Crippen molar-refractivity contribution in [3.8, 4) is 5.82 Å². The zero-order chi connectivity index (χ0) is 13.4. The van der Waals surface area contributed by atoms with E-state index in [0.717, 1.165) is 39.5 Å². The maximum absolute atomic E-state index is 5.93.